The molecule has 0 unspecified atom stereocenters. The third-order valence-electron chi connectivity index (χ3n) is 3.31. The van der Waals surface area contributed by atoms with E-state index in [0.717, 1.165) is 15.3 Å². The molecular formula is C14H11ClN2OS2. The average molecular weight is 323 g/mol. The van der Waals surface area contributed by atoms with Gasteiger partial charge in [0, 0.05) is 9.90 Å². The van der Waals surface area contributed by atoms with Crippen LogP contribution in [0.4, 0.5) is 0 Å². The molecule has 1 N–H and O–H groups in total. The van der Waals surface area contributed by atoms with Gasteiger partial charge in [-0.25, -0.2) is 0 Å². The van der Waals surface area contributed by atoms with Crippen molar-refractivity contribution in [1.29, 1.82) is 0 Å². The van der Waals surface area contributed by atoms with E-state index in [2.05, 4.69) is 4.98 Å². The van der Waals surface area contributed by atoms with Crippen molar-refractivity contribution in [3.63, 3.8) is 0 Å². The SMILES string of the molecule is Cc1sc2[nH]c(=S)n(-c3ccc(Cl)cc3)c(=O)c2c1C. The van der Waals surface area contributed by atoms with Gasteiger partial charge in [-0.15, -0.1) is 11.3 Å². The molecule has 6 heteroatoms. The molecule has 2 heterocycles. The fourth-order valence-electron chi connectivity index (χ4n) is 2.15. The molecule has 0 saturated carbocycles. The number of aryl methyl sites for hydroxylation is 2. The number of H-pyrrole nitrogens is 1. The van der Waals surface area contributed by atoms with Crippen molar-refractivity contribution < 1.29 is 0 Å². The predicted octanol–water partition coefficient (Wildman–Crippen LogP) is 4.38. The highest BCUT2D eigenvalue weighted by Gasteiger charge is 2.13. The molecule has 0 radical (unpaired) electrons. The van der Waals surface area contributed by atoms with Gasteiger partial charge in [-0.1, -0.05) is 11.6 Å². The zero-order valence-electron chi connectivity index (χ0n) is 10.9. The molecule has 0 aliphatic carbocycles. The summed E-state index contributed by atoms with van der Waals surface area (Å²) in [5, 5.41) is 1.33. The van der Waals surface area contributed by atoms with Crippen LogP contribution in [0.25, 0.3) is 15.9 Å². The number of hydrogen-bond acceptors (Lipinski definition) is 3. The Bertz CT molecular complexity index is 919. The van der Waals surface area contributed by atoms with E-state index < -0.39 is 0 Å². The number of hydrogen-bond donors (Lipinski definition) is 1. The monoisotopic (exact) mass is 322 g/mol. The first kappa shape index (κ1) is 13.5. The first-order valence-electron chi connectivity index (χ1n) is 6.00. The fourth-order valence-corrected chi connectivity index (χ4v) is 3.69. The van der Waals surface area contributed by atoms with Gasteiger partial charge in [0.15, 0.2) is 4.77 Å². The quantitative estimate of drug-likeness (QED) is 0.675. The molecule has 0 atom stereocenters. The lowest BCUT2D eigenvalue weighted by Gasteiger charge is -2.06. The van der Waals surface area contributed by atoms with Crippen LogP contribution in [-0.2, 0) is 0 Å². The Morgan fingerprint density at radius 2 is 1.90 bits per heavy atom. The molecule has 0 aliphatic rings. The van der Waals surface area contributed by atoms with Gasteiger partial charge in [0.25, 0.3) is 5.56 Å². The summed E-state index contributed by atoms with van der Waals surface area (Å²) < 4.78 is 1.90. The number of nitrogens with zero attached hydrogens (tertiary/aromatic N) is 1. The molecule has 0 fully saturated rings. The van der Waals surface area contributed by atoms with Crippen molar-refractivity contribution in [2.75, 3.05) is 0 Å². The van der Waals surface area contributed by atoms with E-state index in [9.17, 15) is 4.79 Å². The highest BCUT2D eigenvalue weighted by molar-refractivity contribution is 7.71. The van der Waals surface area contributed by atoms with E-state index in [1.807, 2.05) is 13.8 Å². The minimum atomic E-state index is -0.0899. The lowest BCUT2D eigenvalue weighted by Crippen LogP contribution is -2.20. The summed E-state index contributed by atoms with van der Waals surface area (Å²) in [7, 11) is 0. The third kappa shape index (κ3) is 2.02. The summed E-state index contributed by atoms with van der Waals surface area (Å²) in [6, 6.07) is 7.06. The normalized spacial score (nSPS) is 11.2. The Hall–Kier alpha value is -1.43. The van der Waals surface area contributed by atoms with Crippen LogP contribution in [-0.4, -0.2) is 9.55 Å². The minimum absolute atomic E-state index is 0.0899. The Kier molecular flexibility index (Phi) is 3.28. The molecule has 3 aromatic rings. The first-order valence-corrected chi connectivity index (χ1v) is 7.60. The number of thiophene rings is 1. The molecule has 20 heavy (non-hydrogen) atoms. The van der Waals surface area contributed by atoms with E-state index in [4.69, 9.17) is 23.8 Å². The van der Waals surface area contributed by atoms with Gasteiger partial charge in [-0.2, -0.15) is 0 Å². The van der Waals surface area contributed by atoms with Crippen molar-refractivity contribution in [3.8, 4) is 5.69 Å². The molecule has 3 rings (SSSR count). The molecule has 3 nitrogen and oxygen atoms in total. The van der Waals surface area contributed by atoms with Crippen molar-refractivity contribution in [2.45, 2.75) is 13.8 Å². The van der Waals surface area contributed by atoms with Crippen molar-refractivity contribution in [3.05, 3.63) is 54.9 Å². The highest BCUT2D eigenvalue weighted by atomic mass is 35.5. The van der Waals surface area contributed by atoms with Crippen LogP contribution in [0, 0.1) is 18.6 Å². The first-order chi connectivity index (χ1) is 9.49. The molecule has 2 aromatic heterocycles. The topological polar surface area (TPSA) is 37.8 Å². The van der Waals surface area contributed by atoms with Gasteiger partial charge in [0.05, 0.1) is 11.1 Å². The van der Waals surface area contributed by atoms with Gasteiger partial charge < -0.3 is 4.98 Å². The van der Waals surface area contributed by atoms with Crippen LogP contribution in [0.15, 0.2) is 29.1 Å². The van der Waals surface area contributed by atoms with E-state index >= 15 is 0 Å². The number of halogens is 1. The van der Waals surface area contributed by atoms with E-state index in [-0.39, 0.29) is 5.56 Å². The number of aromatic amines is 1. The number of aromatic nitrogens is 2. The second-order valence-corrected chi connectivity index (χ2v) is 6.58. The maximum Gasteiger partial charge on any atom is 0.267 e. The largest absolute Gasteiger partial charge is 0.323 e. The highest BCUT2D eigenvalue weighted by Crippen LogP contribution is 2.26. The summed E-state index contributed by atoms with van der Waals surface area (Å²) in [4.78, 5) is 17.8. The molecule has 1 aromatic carbocycles. The molecule has 102 valence electrons. The number of benzene rings is 1. The van der Waals surface area contributed by atoms with Crippen LogP contribution in [0.5, 0.6) is 0 Å². The summed E-state index contributed by atoms with van der Waals surface area (Å²) in [5.74, 6) is 0. The molecule has 0 saturated heterocycles. The predicted molar refractivity (Wildman–Crippen MR) is 87.1 cm³/mol. The van der Waals surface area contributed by atoms with Crippen LogP contribution >= 0.6 is 35.2 Å². The van der Waals surface area contributed by atoms with E-state index in [1.54, 1.807) is 35.6 Å². The minimum Gasteiger partial charge on any atom is -0.323 e. The van der Waals surface area contributed by atoms with Crippen molar-refractivity contribution in [2.24, 2.45) is 0 Å². The Balaban J connectivity index is 2.42. The fraction of sp³-hybridized carbons (Fsp3) is 0.143. The van der Waals surface area contributed by atoms with Crippen molar-refractivity contribution >= 4 is 45.4 Å². The summed E-state index contributed by atoms with van der Waals surface area (Å²) >= 11 is 12.8. The van der Waals surface area contributed by atoms with Gasteiger partial charge in [-0.05, 0) is 55.9 Å². The lowest BCUT2D eigenvalue weighted by atomic mass is 10.2. The van der Waals surface area contributed by atoms with E-state index in [1.165, 1.54) is 4.57 Å². The second-order valence-electron chi connectivity index (χ2n) is 4.53. The van der Waals surface area contributed by atoms with Gasteiger partial charge >= 0.3 is 0 Å². The standard InChI is InChI=1S/C14H11ClN2OS2/c1-7-8(2)20-12-11(7)13(18)17(14(19)16-12)10-5-3-9(15)4-6-10/h3-6H,1-2H3,(H,16,19). The summed E-state index contributed by atoms with van der Waals surface area (Å²) in [5.41, 5.74) is 1.63. The van der Waals surface area contributed by atoms with Crippen LogP contribution < -0.4 is 5.56 Å². The summed E-state index contributed by atoms with van der Waals surface area (Å²) in [6.45, 7) is 3.96. The Morgan fingerprint density at radius 3 is 2.55 bits per heavy atom. The maximum atomic E-state index is 12.7. The Labute approximate surface area is 129 Å². The van der Waals surface area contributed by atoms with Gasteiger partial charge in [0.1, 0.15) is 4.83 Å². The number of fused-ring (bicyclic) bond motifs is 1. The summed E-state index contributed by atoms with van der Waals surface area (Å²) in [6.07, 6.45) is 0. The van der Waals surface area contributed by atoms with Crippen LogP contribution in [0.3, 0.4) is 0 Å². The van der Waals surface area contributed by atoms with Crippen LogP contribution in [0.2, 0.25) is 5.02 Å². The second kappa shape index (κ2) is 4.84. The zero-order chi connectivity index (χ0) is 14.4. The van der Waals surface area contributed by atoms with E-state index in [0.29, 0.717) is 20.9 Å². The number of rotatable bonds is 1. The molecule has 0 bridgehead atoms. The lowest BCUT2D eigenvalue weighted by molar-refractivity contribution is 0.942. The molecule has 0 spiro atoms. The zero-order valence-corrected chi connectivity index (χ0v) is 13.2. The van der Waals surface area contributed by atoms with Gasteiger partial charge in [-0.3, -0.25) is 9.36 Å². The Morgan fingerprint density at radius 1 is 1.25 bits per heavy atom. The average Bonchev–Trinajstić information content (AvgIpc) is 2.67. The van der Waals surface area contributed by atoms with Crippen molar-refractivity contribution in [1.82, 2.24) is 9.55 Å². The maximum absolute atomic E-state index is 12.7. The molecular weight excluding hydrogens is 312 g/mol. The van der Waals surface area contributed by atoms with Crippen LogP contribution in [0.1, 0.15) is 10.4 Å². The molecule has 0 aliphatic heterocycles. The smallest absolute Gasteiger partial charge is 0.267 e. The number of nitrogens with one attached hydrogen (secondary N) is 1. The van der Waals surface area contributed by atoms with Gasteiger partial charge in [0.2, 0.25) is 0 Å². The third-order valence-corrected chi connectivity index (χ3v) is 4.97. The molecule has 0 amide bonds.